The maximum absolute atomic E-state index is 4.40. The fraction of sp³-hybridized carbons (Fsp3) is 0.700. The first-order valence-corrected chi connectivity index (χ1v) is 5.34. The summed E-state index contributed by atoms with van der Waals surface area (Å²) in [4.78, 5) is 10.1. The highest BCUT2D eigenvalue weighted by Crippen LogP contribution is 2.25. The summed E-state index contributed by atoms with van der Waals surface area (Å²) in [5, 5.41) is 3.54. The molecule has 2 unspecified atom stereocenters. The number of H-pyrrole nitrogens is 1. The van der Waals surface area contributed by atoms with Gasteiger partial charge >= 0.3 is 0 Å². The van der Waals surface area contributed by atoms with E-state index in [1.54, 1.807) is 0 Å². The van der Waals surface area contributed by atoms with Crippen molar-refractivity contribution in [2.45, 2.75) is 31.8 Å². The minimum atomic E-state index is 0.644. The monoisotopic (exact) mass is 192 g/mol. The lowest BCUT2D eigenvalue weighted by atomic mass is 9.93. The van der Waals surface area contributed by atoms with E-state index in [2.05, 4.69) is 27.1 Å². The Morgan fingerprint density at radius 3 is 2.93 bits per heavy atom. The lowest BCUT2D eigenvalue weighted by Gasteiger charge is -2.45. The third kappa shape index (κ3) is 1.21. The Labute approximate surface area is 83.7 Å². The average molecular weight is 192 g/mol. The Morgan fingerprint density at radius 2 is 2.43 bits per heavy atom. The van der Waals surface area contributed by atoms with Crippen LogP contribution in [0, 0.1) is 6.92 Å². The minimum absolute atomic E-state index is 0.644. The fourth-order valence-corrected chi connectivity index (χ4v) is 2.51. The smallest absolute Gasteiger partial charge is 0.203 e. The molecular weight excluding hydrogens is 176 g/mol. The molecule has 2 bridgehead atoms. The molecule has 0 spiro atoms. The van der Waals surface area contributed by atoms with E-state index in [1.165, 1.54) is 12.8 Å². The first-order chi connectivity index (χ1) is 6.83. The Hall–Kier alpha value is -1.03. The van der Waals surface area contributed by atoms with Gasteiger partial charge in [0.1, 0.15) is 0 Å². The molecule has 3 saturated heterocycles. The molecule has 0 aliphatic carbocycles. The third-order valence-electron chi connectivity index (χ3n) is 3.31. The summed E-state index contributed by atoms with van der Waals surface area (Å²) in [6.45, 7) is 4.28. The van der Waals surface area contributed by atoms with Crippen LogP contribution >= 0.6 is 0 Å². The minimum Gasteiger partial charge on any atom is -0.337 e. The molecule has 4 nitrogen and oxygen atoms in total. The fourth-order valence-electron chi connectivity index (χ4n) is 2.51. The van der Waals surface area contributed by atoms with Crippen molar-refractivity contribution in [3.63, 3.8) is 0 Å². The number of anilines is 1. The van der Waals surface area contributed by atoms with Crippen molar-refractivity contribution in [3.05, 3.63) is 11.9 Å². The van der Waals surface area contributed by atoms with Crippen molar-refractivity contribution in [1.82, 2.24) is 15.3 Å². The van der Waals surface area contributed by atoms with E-state index < -0.39 is 0 Å². The number of aromatic nitrogens is 2. The molecule has 14 heavy (non-hydrogen) atoms. The largest absolute Gasteiger partial charge is 0.337 e. The van der Waals surface area contributed by atoms with Crippen LogP contribution in [0.4, 0.5) is 5.95 Å². The molecule has 3 aliphatic rings. The molecule has 1 aromatic rings. The summed E-state index contributed by atoms with van der Waals surface area (Å²) in [6, 6.07) is 1.32. The molecule has 0 amide bonds. The quantitative estimate of drug-likeness (QED) is 0.687. The number of nitrogens with one attached hydrogen (secondary N) is 2. The van der Waals surface area contributed by atoms with E-state index in [-0.39, 0.29) is 0 Å². The lowest BCUT2D eigenvalue weighted by molar-refractivity contribution is 0.287. The van der Waals surface area contributed by atoms with Gasteiger partial charge in [0, 0.05) is 37.1 Å². The van der Waals surface area contributed by atoms with E-state index in [0.717, 1.165) is 24.7 Å². The average Bonchev–Trinajstić information content (AvgIpc) is 2.66. The van der Waals surface area contributed by atoms with Gasteiger partial charge in [-0.3, -0.25) is 0 Å². The molecule has 4 rings (SSSR count). The van der Waals surface area contributed by atoms with Crippen LogP contribution < -0.4 is 10.2 Å². The van der Waals surface area contributed by atoms with Gasteiger partial charge < -0.3 is 15.2 Å². The number of hydrogen-bond donors (Lipinski definition) is 2. The summed E-state index contributed by atoms with van der Waals surface area (Å²) >= 11 is 0. The second kappa shape index (κ2) is 2.98. The summed E-state index contributed by atoms with van der Waals surface area (Å²) in [5.74, 6) is 1.05. The zero-order chi connectivity index (χ0) is 9.54. The van der Waals surface area contributed by atoms with Crippen molar-refractivity contribution in [3.8, 4) is 0 Å². The van der Waals surface area contributed by atoms with Crippen LogP contribution in [0.15, 0.2) is 6.20 Å². The number of piperazine rings is 1. The van der Waals surface area contributed by atoms with E-state index in [4.69, 9.17) is 0 Å². The highest BCUT2D eigenvalue weighted by molar-refractivity contribution is 5.35. The topological polar surface area (TPSA) is 44.0 Å². The number of rotatable bonds is 1. The van der Waals surface area contributed by atoms with Gasteiger partial charge in [0.15, 0.2) is 0 Å². The van der Waals surface area contributed by atoms with E-state index in [9.17, 15) is 0 Å². The highest BCUT2D eigenvalue weighted by atomic mass is 15.3. The normalized spacial score (nSPS) is 31.1. The number of piperidine rings is 2. The molecule has 3 aliphatic heterocycles. The highest BCUT2D eigenvalue weighted by Gasteiger charge is 2.34. The molecular formula is C10H16N4. The predicted octanol–water partition coefficient (Wildman–Crippen LogP) is 0.659. The molecule has 4 heteroatoms. The summed E-state index contributed by atoms with van der Waals surface area (Å²) in [5.41, 5.74) is 1.15. The second-order valence-electron chi connectivity index (χ2n) is 4.38. The van der Waals surface area contributed by atoms with E-state index in [0.29, 0.717) is 12.1 Å². The van der Waals surface area contributed by atoms with Crippen molar-refractivity contribution in [1.29, 1.82) is 0 Å². The number of fused-ring (bicyclic) bond motifs is 3. The Bertz CT molecular complexity index is 325. The standard InChI is InChI=1S/C10H16N4/c1-7-4-12-10(13-7)14-6-8-2-3-9(14)5-11-8/h4,8-9,11H,2-3,5-6H2,1H3,(H,12,13). The summed E-state index contributed by atoms with van der Waals surface area (Å²) in [6.07, 6.45) is 4.53. The summed E-state index contributed by atoms with van der Waals surface area (Å²) in [7, 11) is 0. The Kier molecular flexibility index (Phi) is 1.77. The first kappa shape index (κ1) is 8.29. The van der Waals surface area contributed by atoms with Crippen LogP contribution in [0.1, 0.15) is 18.5 Å². The van der Waals surface area contributed by atoms with Crippen LogP contribution in [0.25, 0.3) is 0 Å². The number of nitrogens with zero attached hydrogens (tertiary/aromatic N) is 2. The van der Waals surface area contributed by atoms with Gasteiger partial charge in [0.05, 0.1) is 0 Å². The number of aryl methyl sites for hydroxylation is 1. The van der Waals surface area contributed by atoms with Crippen molar-refractivity contribution in [2.75, 3.05) is 18.0 Å². The zero-order valence-corrected chi connectivity index (χ0v) is 8.45. The van der Waals surface area contributed by atoms with Gasteiger partial charge in [-0.15, -0.1) is 0 Å². The summed E-state index contributed by atoms with van der Waals surface area (Å²) < 4.78 is 0. The maximum atomic E-state index is 4.40. The van der Waals surface area contributed by atoms with Gasteiger partial charge in [-0.2, -0.15) is 0 Å². The molecule has 76 valence electrons. The predicted molar refractivity (Wildman–Crippen MR) is 55.5 cm³/mol. The van der Waals surface area contributed by atoms with Gasteiger partial charge in [-0.1, -0.05) is 0 Å². The molecule has 3 fully saturated rings. The van der Waals surface area contributed by atoms with Crippen LogP contribution in [0.5, 0.6) is 0 Å². The van der Waals surface area contributed by atoms with E-state index >= 15 is 0 Å². The molecule has 2 atom stereocenters. The SMILES string of the molecule is Cc1cnc(N2CC3CCC2CN3)[nH]1. The number of hydrogen-bond acceptors (Lipinski definition) is 3. The maximum Gasteiger partial charge on any atom is 0.203 e. The zero-order valence-electron chi connectivity index (χ0n) is 8.45. The van der Waals surface area contributed by atoms with Crippen LogP contribution in [-0.2, 0) is 0 Å². The first-order valence-electron chi connectivity index (χ1n) is 5.34. The molecule has 1 aromatic heterocycles. The Balaban J connectivity index is 1.85. The van der Waals surface area contributed by atoms with Crippen LogP contribution in [0.2, 0.25) is 0 Å². The molecule has 0 saturated carbocycles. The number of aromatic amines is 1. The molecule has 4 heterocycles. The van der Waals surface area contributed by atoms with Crippen molar-refractivity contribution in [2.24, 2.45) is 0 Å². The lowest BCUT2D eigenvalue weighted by Crippen LogP contribution is -2.61. The molecule has 0 aromatic carbocycles. The Morgan fingerprint density at radius 1 is 1.50 bits per heavy atom. The molecule has 0 radical (unpaired) electrons. The van der Waals surface area contributed by atoms with Gasteiger partial charge in [-0.25, -0.2) is 4.98 Å². The van der Waals surface area contributed by atoms with Gasteiger partial charge in [0.25, 0.3) is 0 Å². The van der Waals surface area contributed by atoms with Crippen molar-refractivity contribution < 1.29 is 0 Å². The van der Waals surface area contributed by atoms with Gasteiger partial charge in [-0.05, 0) is 19.8 Å². The number of imidazole rings is 1. The van der Waals surface area contributed by atoms with Crippen LogP contribution in [-0.4, -0.2) is 35.1 Å². The third-order valence-corrected chi connectivity index (χ3v) is 3.31. The van der Waals surface area contributed by atoms with E-state index in [1.807, 2.05) is 6.20 Å². The van der Waals surface area contributed by atoms with Crippen LogP contribution in [0.3, 0.4) is 0 Å². The van der Waals surface area contributed by atoms with Crippen molar-refractivity contribution >= 4 is 5.95 Å². The van der Waals surface area contributed by atoms with Gasteiger partial charge in [0.2, 0.25) is 5.95 Å². The second-order valence-corrected chi connectivity index (χ2v) is 4.38. The molecule has 2 N–H and O–H groups in total.